The van der Waals surface area contributed by atoms with E-state index in [1.54, 1.807) is 7.05 Å². The molecule has 1 rings (SSSR count). The molecule has 0 spiro atoms. The Balaban J connectivity index is 2.84. The fraction of sp³-hybridized carbons (Fsp3) is 0.667. The van der Waals surface area contributed by atoms with Crippen molar-refractivity contribution in [3.8, 4) is 0 Å². The van der Waals surface area contributed by atoms with Crippen molar-refractivity contribution in [3.63, 3.8) is 0 Å². The lowest BCUT2D eigenvalue weighted by Crippen LogP contribution is -2.50. The molecule has 5 nitrogen and oxygen atoms in total. The van der Waals surface area contributed by atoms with Gasteiger partial charge in [0.25, 0.3) is 0 Å². The van der Waals surface area contributed by atoms with Crippen molar-refractivity contribution < 1.29 is 14.7 Å². The lowest BCUT2D eigenvalue weighted by molar-refractivity contribution is -0.141. The average molecular weight is 272 g/mol. The Kier molecular flexibility index (Phi) is 5.07. The molecular formula is C12H20N2O3S. The smallest absolute Gasteiger partial charge is 0.327 e. The van der Waals surface area contributed by atoms with Crippen LogP contribution in [0.4, 0.5) is 4.79 Å². The average Bonchev–Trinajstić information content (AvgIpc) is 2.70. The van der Waals surface area contributed by atoms with Crippen molar-refractivity contribution in [2.45, 2.75) is 31.7 Å². The molecule has 18 heavy (non-hydrogen) atoms. The molecule has 0 radical (unpaired) electrons. The van der Waals surface area contributed by atoms with Crippen LogP contribution in [0.3, 0.4) is 0 Å². The SMILES string of the molecule is C=C(C)CN(C)C(=O)N1C(CC)SCC1C(=O)O. The molecular weight excluding hydrogens is 252 g/mol. The van der Waals surface area contributed by atoms with Gasteiger partial charge in [-0.1, -0.05) is 19.1 Å². The summed E-state index contributed by atoms with van der Waals surface area (Å²) in [6.07, 6.45) is 0.751. The number of thioether (sulfide) groups is 1. The molecule has 0 saturated carbocycles. The highest BCUT2D eigenvalue weighted by atomic mass is 32.2. The number of carbonyl (C=O) groups is 2. The Morgan fingerprint density at radius 3 is 2.61 bits per heavy atom. The Morgan fingerprint density at radius 2 is 2.17 bits per heavy atom. The van der Waals surface area contributed by atoms with Gasteiger partial charge < -0.3 is 10.0 Å². The second-order valence-corrected chi connectivity index (χ2v) is 5.76. The van der Waals surface area contributed by atoms with E-state index in [0.29, 0.717) is 12.3 Å². The highest BCUT2D eigenvalue weighted by Gasteiger charge is 2.41. The zero-order valence-electron chi connectivity index (χ0n) is 11.0. The van der Waals surface area contributed by atoms with Gasteiger partial charge in [0.2, 0.25) is 0 Å². The molecule has 0 aliphatic carbocycles. The fourth-order valence-electron chi connectivity index (χ4n) is 1.99. The lowest BCUT2D eigenvalue weighted by atomic mass is 10.2. The Labute approximate surface area is 112 Å². The van der Waals surface area contributed by atoms with E-state index in [9.17, 15) is 9.59 Å². The molecule has 1 heterocycles. The molecule has 1 N–H and O–H groups in total. The van der Waals surface area contributed by atoms with Gasteiger partial charge in [0.05, 0.1) is 5.37 Å². The van der Waals surface area contributed by atoms with Gasteiger partial charge in [0.1, 0.15) is 6.04 Å². The molecule has 102 valence electrons. The molecule has 1 aliphatic heterocycles. The van der Waals surface area contributed by atoms with Crippen LogP contribution in [0.2, 0.25) is 0 Å². The zero-order chi connectivity index (χ0) is 13.9. The molecule has 2 unspecified atom stereocenters. The molecule has 0 aromatic rings. The zero-order valence-corrected chi connectivity index (χ0v) is 11.9. The van der Waals surface area contributed by atoms with Gasteiger partial charge in [0.15, 0.2) is 0 Å². The minimum atomic E-state index is -0.935. The van der Waals surface area contributed by atoms with Crippen molar-refractivity contribution in [1.29, 1.82) is 0 Å². The second kappa shape index (κ2) is 6.13. The van der Waals surface area contributed by atoms with Gasteiger partial charge >= 0.3 is 12.0 Å². The minimum absolute atomic E-state index is 0.0498. The van der Waals surface area contributed by atoms with Gasteiger partial charge in [-0.15, -0.1) is 11.8 Å². The molecule has 2 amide bonds. The van der Waals surface area contributed by atoms with Crippen molar-refractivity contribution in [2.75, 3.05) is 19.3 Å². The first kappa shape index (κ1) is 14.9. The van der Waals surface area contributed by atoms with Crippen LogP contribution < -0.4 is 0 Å². The number of nitrogens with zero attached hydrogens (tertiary/aromatic N) is 2. The maximum atomic E-state index is 12.3. The monoisotopic (exact) mass is 272 g/mol. The van der Waals surface area contributed by atoms with Crippen molar-refractivity contribution in [2.24, 2.45) is 0 Å². The van der Waals surface area contributed by atoms with E-state index in [1.165, 1.54) is 21.6 Å². The Bertz CT molecular complexity index is 359. The number of amides is 2. The van der Waals surface area contributed by atoms with Crippen LogP contribution in [0.5, 0.6) is 0 Å². The number of urea groups is 1. The third-order valence-electron chi connectivity index (χ3n) is 2.78. The summed E-state index contributed by atoms with van der Waals surface area (Å²) in [6, 6.07) is -0.956. The molecule has 1 fully saturated rings. The first-order chi connectivity index (χ1) is 8.38. The van der Waals surface area contributed by atoms with Crippen LogP contribution in [0.1, 0.15) is 20.3 Å². The fourth-order valence-corrected chi connectivity index (χ4v) is 3.34. The predicted octanol–water partition coefficient (Wildman–Crippen LogP) is 1.85. The summed E-state index contributed by atoms with van der Waals surface area (Å²) >= 11 is 1.53. The van der Waals surface area contributed by atoms with E-state index in [-0.39, 0.29) is 11.4 Å². The summed E-state index contributed by atoms with van der Waals surface area (Å²) in [5.74, 6) is -0.476. The van der Waals surface area contributed by atoms with Gasteiger partial charge in [-0.2, -0.15) is 0 Å². The first-order valence-electron chi connectivity index (χ1n) is 5.90. The minimum Gasteiger partial charge on any atom is -0.480 e. The highest BCUT2D eigenvalue weighted by molar-refractivity contribution is 8.00. The van der Waals surface area contributed by atoms with Gasteiger partial charge in [-0.3, -0.25) is 4.90 Å². The van der Waals surface area contributed by atoms with Gasteiger partial charge in [-0.05, 0) is 13.3 Å². The van der Waals surface area contributed by atoms with Crippen LogP contribution in [0, 0.1) is 0 Å². The molecule has 2 atom stereocenters. The Hall–Kier alpha value is -1.17. The number of hydrogen-bond donors (Lipinski definition) is 1. The number of carboxylic acids is 1. The third kappa shape index (κ3) is 3.19. The highest BCUT2D eigenvalue weighted by Crippen LogP contribution is 2.32. The quantitative estimate of drug-likeness (QED) is 0.793. The third-order valence-corrected chi connectivity index (χ3v) is 4.23. The van der Waals surface area contributed by atoms with Crippen LogP contribution in [-0.4, -0.2) is 57.7 Å². The van der Waals surface area contributed by atoms with E-state index < -0.39 is 12.0 Å². The van der Waals surface area contributed by atoms with Gasteiger partial charge in [-0.25, -0.2) is 9.59 Å². The summed E-state index contributed by atoms with van der Waals surface area (Å²) in [7, 11) is 1.67. The molecule has 0 aromatic heterocycles. The largest absolute Gasteiger partial charge is 0.480 e. The van der Waals surface area contributed by atoms with E-state index >= 15 is 0 Å². The molecule has 1 saturated heterocycles. The summed E-state index contributed by atoms with van der Waals surface area (Å²) in [6.45, 7) is 8.01. The number of hydrogen-bond acceptors (Lipinski definition) is 3. The van der Waals surface area contributed by atoms with Crippen LogP contribution in [-0.2, 0) is 4.79 Å². The van der Waals surface area contributed by atoms with Crippen LogP contribution in [0.25, 0.3) is 0 Å². The molecule has 0 aromatic carbocycles. The van der Waals surface area contributed by atoms with E-state index in [1.807, 2.05) is 13.8 Å². The standard InChI is InChI=1S/C12H20N2O3S/c1-5-10-14(9(7-18-10)11(15)16)12(17)13(4)6-8(2)3/h9-10H,2,5-7H2,1,3-4H3,(H,15,16). The maximum Gasteiger partial charge on any atom is 0.327 e. The van der Waals surface area contributed by atoms with Crippen molar-refractivity contribution >= 4 is 23.8 Å². The lowest BCUT2D eigenvalue weighted by Gasteiger charge is -2.31. The van der Waals surface area contributed by atoms with Crippen molar-refractivity contribution in [3.05, 3.63) is 12.2 Å². The summed E-state index contributed by atoms with van der Waals surface area (Å²) in [5.41, 5.74) is 0.873. The van der Waals surface area contributed by atoms with Crippen LogP contribution >= 0.6 is 11.8 Å². The first-order valence-corrected chi connectivity index (χ1v) is 6.95. The summed E-state index contributed by atoms with van der Waals surface area (Å²) in [5, 5.41) is 9.12. The van der Waals surface area contributed by atoms with E-state index in [2.05, 4.69) is 6.58 Å². The predicted molar refractivity (Wildman–Crippen MR) is 72.6 cm³/mol. The topological polar surface area (TPSA) is 60.9 Å². The molecule has 6 heteroatoms. The normalized spacial score (nSPS) is 22.9. The number of likely N-dealkylation sites (N-methyl/N-ethyl adjacent to an activating group) is 1. The maximum absolute atomic E-state index is 12.3. The van der Waals surface area contributed by atoms with E-state index in [4.69, 9.17) is 5.11 Å². The number of carboxylic acid groups (broad SMARTS) is 1. The van der Waals surface area contributed by atoms with Crippen LogP contribution in [0.15, 0.2) is 12.2 Å². The molecule has 0 bridgehead atoms. The van der Waals surface area contributed by atoms with Crippen molar-refractivity contribution in [1.82, 2.24) is 9.80 Å². The van der Waals surface area contributed by atoms with E-state index in [0.717, 1.165) is 12.0 Å². The number of carbonyl (C=O) groups excluding carboxylic acids is 1. The summed E-state index contributed by atoms with van der Waals surface area (Å²) in [4.78, 5) is 26.5. The second-order valence-electron chi connectivity index (χ2n) is 4.55. The Morgan fingerprint density at radius 1 is 1.56 bits per heavy atom. The van der Waals surface area contributed by atoms with Gasteiger partial charge in [0, 0.05) is 19.3 Å². The molecule has 1 aliphatic rings. The summed E-state index contributed by atoms with van der Waals surface area (Å²) < 4.78 is 0. The number of rotatable bonds is 4. The number of aliphatic carboxylic acids is 1.